The summed E-state index contributed by atoms with van der Waals surface area (Å²) in [5.74, 6) is 0.211. The topological polar surface area (TPSA) is 49.3 Å². The number of aliphatic hydroxyl groups excluding tert-OH is 1. The normalized spacial score (nSPS) is 12.4. The Morgan fingerprint density at radius 3 is 2.57 bits per heavy atom. The fourth-order valence-corrected chi connectivity index (χ4v) is 3.75. The van der Waals surface area contributed by atoms with Crippen molar-refractivity contribution < 1.29 is 9.90 Å². The molecule has 2 N–H and O–H groups in total. The summed E-state index contributed by atoms with van der Waals surface area (Å²) in [5.41, 5.74) is 3.39. The van der Waals surface area contributed by atoms with Gasteiger partial charge in [-0.15, -0.1) is 0 Å². The van der Waals surface area contributed by atoms with Crippen molar-refractivity contribution in [3.8, 4) is 0 Å². The van der Waals surface area contributed by atoms with E-state index in [4.69, 9.17) is 5.11 Å². The van der Waals surface area contributed by atoms with Crippen molar-refractivity contribution in [3.05, 3.63) is 34.9 Å². The van der Waals surface area contributed by atoms with E-state index < -0.39 is 0 Å². The van der Waals surface area contributed by atoms with E-state index in [2.05, 4.69) is 69.6 Å². The molecule has 0 bridgehead atoms. The standard InChI is InChI=1S/C16H23I2NO2/c1-2-3-14(11-19-6-7-20)16(21)12-4-5-13(9-17)15(8-12)10-18/h4-5,8,14,19-20H,2-3,6-7,9-11H2,1H3. The van der Waals surface area contributed by atoms with E-state index in [0.29, 0.717) is 13.1 Å². The quantitative estimate of drug-likeness (QED) is 0.216. The molecule has 0 aliphatic carbocycles. The Bertz CT molecular complexity index is 452. The first-order valence-electron chi connectivity index (χ1n) is 7.27. The summed E-state index contributed by atoms with van der Waals surface area (Å²) in [6.07, 6.45) is 1.87. The second kappa shape index (κ2) is 10.9. The maximum absolute atomic E-state index is 12.7. The van der Waals surface area contributed by atoms with E-state index in [1.165, 1.54) is 11.1 Å². The lowest BCUT2D eigenvalue weighted by atomic mass is 9.92. The van der Waals surface area contributed by atoms with Crippen LogP contribution in [-0.4, -0.2) is 30.6 Å². The Labute approximate surface area is 154 Å². The number of ketones is 1. The molecule has 0 aliphatic heterocycles. The number of nitrogens with one attached hydrogen (secondary N) is 1. The molecule has 0 saturated carbocycles. The van der Waals surface area contributed by atoms with Gasteiger partial charge in [-0.2, -0.15) is 0 Å². The Hall–Kier alpha value is 0.270. The number of benzene rings is 1. The summed E-state index contributed by atoms with van der Waals surface area (Å²) in [4.78, 5) is 12.7. The summed E-state index contributed by atoms with van der Waals surface area (Å²) in [6.45, 7) is 3.39. The summed E-state index contributed by atoms with van der Waals surface area (Å²) in [7, 11) is 0. The van der Waals surface area contributed by atoms with Crippen LogP contribution in [0, 0.1) is 5.92 Å². The SMILES string of the molecule is CCCC(CNCCO)C(=O)c1ccc(CI)c(CI)c1. The highest BCUT2D eigenvalue weighted by molar-refractivity contribution is 14.1. The molecule has 0 aromatic heterocycles. The van der Waals surface area contributed by atoms with Crippen LogP contribution in [0.15, 0.2) is 18.2 Å². The first-order valence-corrected chi connectivity index (χ1v) is 10.3. The maximum Gasteiger partial charge on any atom is 0.167 e. The van der Waals surface area contributed by atoms with E-state index in [0.717, 1.165) is 27.3 Å². The van der Waals surface area contributed by atoms with Gasteiger partial charge in [-0.25, -0.2) is 0 Å². The van der Waals surface area contributed by atoms with E-state index in [1.807, 2.05) is 6.07 Å². The fourth-order valence-electron chi connectivity index (χ4n) is 2.30. The van der Waals surface area contributed by atoms with Gasteiger partial charge in [-0.3, -0.25) is 4.79 Å². The van der Waals surface area contributed by atoms with Crippen molar-refractivity contribution >= 4 is 51.0 Å². The highest BCUT2D eigenvalue weighted by Crippen LogP contribution is 2.21. The molecular formula is C16H23I2NO2. The number of alkyl halides is 2. The van der Waals surface area contributed by atoms with Gasteiger partial charge in [0.15, 0.2) is 5.78 Å². The Balaban J connectivity index is 2.86. The summed E-state index contributed by atoms with van der Waals surface area (Å²) >= 11 is 4.71. The molecule has 0 heterocycles. The van der Waals surface area contributed by atoms with Crippen molar-refractivity contribution in [3.63, 3.8) is 0 Å². The number of carbonyl (C=O) groups is 1. The highest BCUT2D eigenvalue weighted by Gasteiger charge is 2.19. The predicted molar refractivity (Wildman–Crippen MR) is 105 cm³/mol. The van der Waals surface area contributed by atoms with E-state index in [-0.39, 0.29) is 18.3 Å². The van der Waals surface area contributed by atoms with Crippen LogP contribution in [0.5, 0.6) is 0 Å². The summed E-state index contributed by atoms with van der Waals surface area (Å²) in [6, 6.07) is 6.09. The fraction of sp³-hybridized carbons (Fsp3) is 0.562. The summed E-state index contributed by atoms with van der Waals surface area (Å²) in [5, 5.41) is 12.0. The molecule has 0 amide bonds. The average Bonchev–Trinajstić information content (AvgIpc) is 2.52. The second-order valence-electron chi connectivity index (χ2n) is 5.03. The van der Waals surface area contributed by atoms with Crippen LogP contribution >= 0.6 is 45.2 Å². The Morgan fingerprint density at radius 2 is 2.00 bits per heavy atom. The Morgan fingerprint density at radius 1 is 1.29 bits per heavy atom. The number of Topliss-reactive ketones (excluding diaryl/α,β-unsaturated/α-hetero) is 1. The summed E-state index contributed by atoms with van der Waals surface area (Å²) < 4.78 is 1.90. The van der Waals surface area contributed by atoms with Gasteiger partial charge < -0.3 is 10.4 Å². The lowest BCUT2D eigenvalue weighted by Crippen LogP contribution is -2.30. The van der Waals surface area contributed by atoms with Gasteiger partial charge in [0.25, 0.3) is 0 Å². The molecule has 118 valence electrons. The minimum atomic E-state index is -0.00550. The lowest BCUT2D eigenvalue weighted by Gasteiger charge is -2.17. The van der Waals surface area contributed by atoms with E-state index in [1.54, 1.807) is 0 Å². The zero-order valence-electron chi connectivity index (χ0n) is 12.4. The van der Waals surface area contributed by atoms with Crippen LogP contribution in [0.3, 0.4) is 0 Å². The molecule has 21 heavy (non-hydrogen) atoms. The molecule has 1 aromatic carbocycles. The third kappa shape index (κ3) is 6.11. The maximum atomic E-state index is 12.7. The number of carbonyl (C=O) groups excluding carboxylic acids is 1. The molecule has 1 aromatic rings. The minimum absolute atomic E-state index is 0.00550. The van der Waals surface area contributed by atoms with Crippen LogP contribution < -0.4 is 5.32 Å². The third-order valence-corrected chi connectivity index (χ3v) is 5.11. The Kier molecular flexibility index (Phi) is 10.0. The van der Waals surface area contributed by atoms with Crippen LogP contribution in [0.4, 0.5) is 0 Å². The zero-order valence-corrected chi connectivity index (χ0v) is 16.7. The number of aliphatic hydroxyl groups is 1. The van der Waals surface area contributed by atoms with Crippen molar-refractivity contribution in [2.75, 3.05) is 19.7 Å². The first-order chi connectivity index (χ1) is 10.2. The van der Waals surface area contributed by atoms with Gasteiger partial charge in [0.05, 0.1) is 6.61 Å². The molecule has 1 atom stereocenters. The number of hydrogen-bond donors (Lipinski definition) is 2. The van der Waals surface area contributed by atoms with Gasteiger partial charge >= 0.3 is 0 Å². The number of rotatable bonds is 10. The monoisotopic (exact) mass is 515 g/mol. The smallest absolute Gasteiger partial charge is 0.167 e. The molecular weight excluding hydrogens is 492 g/mol. The molecule has 0 radical (unpaired) electrons. The largest absolute Gasteiger partial charge is 0.395 e. The molecule has 1 rings (SSSR count). The number of halogens is 2. The van der Waals surface area contributed by atoms with E-state index >= 15 is 0 Å². The second-order valence-corrected chi connectivity index (χ2v) is 6.55. The molecule has 0 aliphatic rings. The first kappa shape index (κ1) is 19.3. The van der Waals surface area contributed by atoms with Gasteiger partial charge in [-0.05, 0) is 23.6 Å². The molecule has 0 fully saturated rings. The zero-order chi connectivity index (χ0) is 15.7. The van der Waals surface area contributed by atoms with Crippen LogP contribution in [-0.2, 0) is 8.86 Å². The third-order valence-electron chi connectivity index (χ3n) is 3.47. The predicted octanol–water partition coefficient (Wildman–Crippen LogP) is 3.74. The lowest BCUT2D eigenvalue weighted by molar-refractivity contribution is 0.0910. The van der Waals surface area contributed by atoms with Crippen molar-refractivity contribution in [1.29, 1.82) is 0 Å². The van der Waals surface area contributed by atoms with Gasteiger partial charge in [-0.1, -0.05) is 70.7 Å². The van der Waals surface area contributed by atoms with Crippen molar-refractivity contribution in [2.45, 2.75) is 28.6 Å². The van der Waals surface area contributed by atoms with Crippen molar-refractivity contribution in [1.82, 2.24) is 5.32 Å². The molecule has 1 unspecified atom stereocenters. The number of hydrogen-bond acceptors (Lipinski definition) is 3. The van der Waals surface area contributed by atoms with Gasteiger partial charge in [0.1, 0.15) is 0 Å². The van der Waals surface area contributed by atoms with Crippen LogP contribution in [0.1, 0.15) is 41.3 Å². The molecule has 0 spiro atoms. The molecule has 0 saturated heterocycles. The van der Waals surface area contributed by atoms with E-state index in [9.17, 15) is 4.79 Å². The van der Waals surface area contributed by atoms with Gasteiger partial charge in [0.2, 0.25) is 0 Å². The molecule has 5 heteroatoms. The average molecular weight is 515 g/mol. The highest BCUT2D eigenvalue weighted by atomic mass is 127. The van der Waals surface area contributed by atoms with Crippen LogP contribution in [0.2, 0.25) is 0 Å². The minimum Gasteiger partial charge on any atom is -0.395 e. The van der Waals surface area contributed by atoms with Gasteiger partial charge in [0, 0.05) is 33.4 Å². The molecule has 3 nitrogen and oxygen atoms in total. The van der Waals surface area contributed by atoms with Crippen LogP contribution in [0.25, 0.3) is 0 Å². The van der Waals surface area contributed by atoms with Crippen molar-refractivity contribution in [2.24, 2.45) is 5.92 Å².